The SMILES string of the molecule is CC(C)[C@]1(C)N[C@H](c2ccccc2)COC1=O. The summed E-state index contributed by atoms with van der Waals surface area (Å²) in [4.78, 5) is 11.8. The summed E-state index contributed by atoms with van der Waals surface area (Å²) < 4.78 is 5.32. The fourth-order valence-electron chi connectivity index (χ4n) is 2.04. The van der Waals surface area contributed by atoms with Gasteiger partial charge < -0.3 is 4.74 Å². The van der Waals surface area contributed by atoms with Gasteiger partial charge in [-0.05, 0) is 18.4 Å². The van der Waals surface area contributed by atoms with Gasteiger partial charge in [0.25, 0.3) is 0 Å². The molecule has 0 amide bonds. The van der Waals surface area contributed by atoms with E-state index in [1.54, 1.807) is 0 Å². The molecule has 17 heavy (non-hydrogen) atoms. The third-order valence-corrected chi connectivity index (χ3v) is 3.64. The predicted octanol–water partition coefficient (Wildman–Crippen LogP) is 2.29. The van der Waals surface area contributed by atoms with Crippen LogP contribution in [0.3, 0.4) is 0 Å². The van der Waals surface area contributed by atoms with E-state index in [0.717, 1.165) is 5.56 Å². The van der Waals surface area contributed by atoms with E-state index in [0.29, 0.717) is 6.61 Å². The van der Waals surface area contributed by atoms with Crippen LogP contribution in [0.15, 0.2) is 30.3 Å². The molecule has 0 spiro atoms. The molecule has 0 radical (unpaired) electrons. The van der Waals surface area contributed by atoms with Crippen molar-refractivity contribution in [2.75, 3.05) is 6.61 Å². The van der Waals surface area contributed by atoms with E-state index < -0.39 is 5.54 Å². The van der Waals surface area contributed by atoms with E-state index >= 15 is 0 Å². The van der Waals surface area contributed by atoms with Gasteiger partial charge in [0.1, 0.15) is 12.1 Å². The maximum atomic E-state index is 11.8. The van der Waals surface area contributed by atoms with Crippen molar-refractivity contribution in [3.8, 4) is 0 Å². The summed E-state index contributed by atoms with van der Waals surface area (Å²) in [6.07, 6.45) is 0. The number of ether oxygens (including phenoxy) is 1. The van der Waals surface area contributed by atoms with Crippen LogP contribution in [0.4, 0.5) is 0 Å². The molecule has 1 heterocycles. The largest absolute Gasteiger partial charge is 0.462 e. The molecule has 0 aliphatic carbocycles. The first kappa shape index (κ1) is 12.1. The lowest BCUT2D eigenvalue weighted by Crippen LogP contribution is -2.60. The Bertz CT molecular complexity index is 402. The Kier molecular flexibility index (Phi) is 3.20. The number of rotatable bonds is 2. The molecule has 1 saturated heterocycles. The summed E-state index contributed by atoms with van der Waals surface area (Å²) in [5, 5.41) is 3.42. The van der Waals surface area contributed by atoms with Gasteiger partial charge in [-0.1, -0.05) is 44.2 Å². The number of cyclic esters (lactones) is 1. The van der Waals surface area contributed by atoms with Crippen molar-refractivity contribution in [2.24, 2.45) is 5.92 Å². The summed E-state index contributed by atoms with van der Waals surface area (Å²) in [5.74, 6) is 0.0428. The van der Waals surface area contributed by atoms with Crippen LogP contribution in [-0.4, -0.2) is 18.1 Å². The van der Waals surface area contributed by atoms with Crippen LogP contribution in [0.5, 0.6) is 0 Å². The molecule has 0 saturated carbocycles. The van der Waals surface area contributed by atoms with Crippen LogP contribution in [0, 0.1) is 5.92 Å². The van der Waals surface area contributed by atoms with Gasteiger partial charge in [-0.25, -0.2) is 0 Å². The van der Waals surface area contributed by atoms with E-state index in [1.165, 1.54) is 0 Å². The third-order valence-electron chi connectivity index (χ3n) is 3.64. The normalized spacial score (nSPS) is 29.2. The highest BCUT2D eigenvalue weighted by molar-refractivity contribution is 5.81. The lowest BCUT2D eigenvalue weighted by atomic mass is 9.85. The Balaban J connectivity index is 2.22. The van der Waals surface area contributed by atoms with Crippen molar-refractivity contribution in [3.05, 3.63) is 35.9 Å². The molecular weight excluding hydrogens is 214 g/mol. The fourth-order valence-corrected chi connectivity index (χ4v) is 2.04. The molecule has 3 nitrogen and oxygen atoms in total. The Morgan fingerprint density at radius 1 is 1.35 bits per heavy atom. The standard InChI is InChI=1S/C14H19NO2/c1-10(2)14(3)13(16)17-9-12(15-14)11-7-5-4-6-8-11/h4-8,10,12,15H,9H2,1-3H3/t12-,14-/m0/s1. The molecule has 0 unspecified atom stereocenters. The average molecular weight is 233 g/mol. The fraction of sp³-hybridized carbons (Fsp3) is 0.500. The third kappa shape index (κ3) is 2.20. The Morgan fingerprint density at radius 3 is 2.59 bits per heavy atom. The topological polar surface area (TPSA) is 38.3 Å². The Hall–Kier alpha value is -1.35. The van der Waals surface area contributed by atoms with Gasteiger partial charge in [0.05, 0.1) is 6.04 Å². The molecule has 2 rings (SSSR count). The van der Waals surface area contributed by atoms with Crippen LogP contribution in [0.25, 0.3) is 0 Å². The minimum absolute atomic E-state index is 0.0845. The number of carbonyl (C=O) groups is 1. The maximum absolute atomic E-state index is 11.8. The smallest absolute Gasteiger partial charge is 0.326 e. The number of hydrogen-bond acceptors (Lipinski definition) is 3. The molecule has 0 bridgehead atoms. The van der Waals surface area contributed by atoms with Crippen LogP contribution < -0.4 is 5.32 Å². The maximum Gasteiger partial charge on any atom is 0.326 e. The van der Waals surface area contributed by atoms with Gasteiger partial charge in [0, 0.05) is 0 Å². The molecule has 0 aromatic heterocycles. The molecule has 3 heteroatoms. The first-order chi connectivity index (χ1) is 8.04. The summed E-state index contributed by atoms with van der Waals surface area (Å²) in [6.45, 7) is 6.38. The zero-order valence-electron chi connectivity index (χ0n) is 10.6. The second-order valence-corrected chi connectivity index (χ2v) is 5.06. The van der Waals surface area contributed by atoms with Crippen LogP contribution in [-0.2, 0) is 9.53 Å². The molecular formula is C14H19NO2. The van der Waals surface area contributed by atoms with E-state index in [2.05, 4.69) is 17.4 Å². The summed E-state index contributed by atoms with van der Waals surface area (Å²) in [5.41, 5.74) is 0.561. The summed E-state index contributed by atoms with van der Waals surface area (Å²) >= 11 is 0. The Morgan fingerprint density at radius 2 is 2.00 bits per heavy atom. The summed E-state index contributed by atoms with van der Waals surface area (Å²) in [7, 11) is 0. The number of morpholine rings is 1. The number of esters is 1. The minimum Gasteiger partial charge on any atom is -0.462 e. The average Bonchev–Trinajstić information content (AvgIpc) is 2.33. The van der Waals surface area contributed by atoms with Gasteiger partial charge in [0.2, 0.25) is 0 Å². The quantitative estimate of drug-likeness (QED) is 0.796. The Labute approximate surface area is 102 Å². The number of hydrogen-bond donors (Lipinski definition) is 1. The zero-order chi connectivity index (χ0) is 12.5. The second-order valence-electron chi connectivity index (χ2n) is 5.06. The highest BCUT2D eigenvalue weighted by atomic mass is 16.5. The van der Waals surface area contributed by atoms with Crippen molar-refractivity contribution in [3.63, 3.8) is 0 Å². The van der Waals surface area contributed by atoms with Crippen LogP contribution in [0.1, 0.15) is 32.4 Å². The first-order valence-electron chi connectivity index (χ1n) is 6.04. The lowest BCUT2D eigenvalue weighted by molar-refractivity contribution is -0.160. The second kappa shape index (κ2) is 4.49. The van der Waals surface area contributed by atoms with Crippen molar-refractivity contribution >= 4 is 5.97 Å². The molecule has 2 atom stereocenters. The van der Waals surface area contributed by atoms with Crippen molar-refractivity contribution in [1.29, 1.82) is 0 Å². The van der Waals surface area contributed by atoms with E-state index in [1.807, 2.05) is 39.0 Å². The van der Waals surface area contributed by atoms with Crippen molar-refractivity contribution in [1.82, 2.24) is 5.32 Å². The van der Waals surface area contributed by atoms with Crippen molar-refractivity contribution < 1.29 is 9.53 Å². The molecule has 1 aliphatic heterocycles. The van der Waals surface area contributed by atoms with Gasteiger partial charge in [0.15, 0.2) is 0 Å². The number of carbonyl (C=O) groups excluding carboxylic acids is 1. The number of nitrogens with one attached hydrogen (secondary N) is 1. The molecule has 92 valence electrons. The van der Waals surface area contributed by atoms with E-state index in [9.17, 15) is 4.79 Å². The molecule has 1 fully saturated rings. The highest BCUT2D eigenvalue weighted by Gasteiger charge is 2.43. The van der Waals surface area contributed by atoms with Crippen LogP contribution >= 0.6 is 0 Å². The minimum atomic E-state index is -0.598. The highest BCUT2D eigenvalue weighted by Crippen LogP contribution is 2.28. The van der Waals surface area contributed by atoms with Gasteiger partial charge in [-0.2, -0.15) is 0 Å². The van der Waals surface area contributed by atoms with Gasteiger partial charge in [-0.15, -0.1) is 0 Å². The summed E-state index contributed by atoms with van der Waals surface area (Å²) in [6, 6.07) is 10.2. The van der Waals surface area contributed by atoms with Crippen LogP contribution in [0.2, 0.25) is 0 Å². The van der Waals surface area contributed by atoms with Gasteiger partial charge >= 0.3 is 5.97 Å². The molecule has 1 aromatic rings. The molecule has 1 N–H and O–H groups in total. The van der Waals surface area contributed by atoms with E-state index in [-0.39, 0.29) is 17.9 Å². The molecule has 1 aliphatic rings. The molecule has 1 aromatic carbocycles. The van der Waals surface area contributed by atoms with E-state index in [4.69, 9.17) is 4.74 Å². The van der Waals surface area contributed by atoms with Gasteiger partial charge in [-0.3, -0.25) is 10.1 Å². The monoisotopic (exact) mass is 233 g/mol. The predicted molar refractivity (Wildman–Crippen MR) is 66.5 cm³/mol. The number of benzene rings is 1. The van der Waals surface area contributed by atoms with Crippen molar-refractivity contribution in [2.45, 2.75) is 32.4 Å². The zero-order valence-corrected chi connectivity index (χ0v) is 10.6. The lowest BCUT2D eigenvalue weighted by Gasteiger charge is -2.40. The first-order valence-corrected chi connectivity index (χ1v) is 6.04.